The minimum Gasteiger partial charge on any atom is -0.483 e. The molecule has 0 aliphatic heterocycles. The molecule has 126 valence electrons. The molecule has 0 saturated carbocycles. The van der Waals surface area contributed by atoms with Gasteiger partial charge in [-0.2, -0.15) is 0 Å². The molecule has 0 spiro atoms. The Morgan fingerprint density at radius 3 is 2.58 bits per heavy atom. The molecule has 0 atom stereocenters. The topological polar surface area (TPSA) is 55.4 Å². The molecular weight excluding hydrogens is 326 g/mol. The molecule has 24 heavy (non-hydrogen) atoms. The van der Waals surface area contributed by atoms with E-state index in [-0.39, 0.29) is 18.3 Å². The zero-order valence-electron chi connectivity index (χ0n) is 13.5. The number of amides is 1. The average molecular weight is 346 g/mol. The quantitative estimate of drug-likeness (QED) is 0.743. The van der Waals surface area contributed by atoms with Gasteiger partial charge in [0.25, 0.3) is 5.91 Å². The third-order valence-electron chi connectivity index (χ3n) is 3.50. The number of nitrogens with one attached hydrogen (secondary N) is 1. The second kappa shape index (κ2) is 9.08. The second-order valence-electron chi connectivity index (χ2n) is 5.29. The second-order valence-corrected chi connectivity index (χ2v) is 5.73. The SMILES string of the molecule is CCC(=O)c1cc(Cl)ccc1OCC(=O)NCCc1ccccc1. The molecule has 0 fully saturated rings. The predicted molar refractivity (Wildman–Crippen MR) is 94.7 cm³/mol. The van der Waals surface area contributed by atoms with Crippen LogP contribution in [0.5, 0.6) is 5.75 Å². The standard InChI is InChI=1S/C19H20ClNO3/c1-2-17(22)16-12-15(20)8-9-18(16)24-13-19(23)21-11-10-14-6-4-3-5-7-14/h3-9,12H,2,10-11,13H2,1H3,(H,21,23). The Labute approximate surface area is 146 Å². The lowest BCUT2D eigenvalue weighted by atomic mass is 10.1. The van der Waals surface area contributed by atoms with Gasteiger partial charge in [0.15, 0.2) is 12.4 Å². The van der Waals surface area contributed by atoms with E-state index in [1.54, 1.807) is 25.1 Å². The van der Waals surface area contributed by atoms with Crippen LogP contribution in [-0.2, 0) is 11.2 Å². The maximum Gasteiger partial charge on any atom is 0.257 e. The van der Waals surface area contributed by atoms with Gasteiger partial charge in [-0.3, -0.25) is 9.59 Å². The van der Waals surface area contributed by atoms with Gasteiger partial charge in [0.2, 0.25) is 0 Å². The Morgan fingerprint density at radius 1 is 1.12 bits per heavy atom. The first-order valence-corrected chi connectivity index (χ1v) is 8.24. The van der Waals surface area contributed by atoms with E-state index in [1.807, 2.05) is 30.3 Å². The number of hydrogen-bond acceptors (Lipinski definition) is 3. The van der Waals surface area contributed by atoms with Crippen molar-refractivity contribution in [3.63, 3.8) is 0 Å². The molecule has 2 rings (SSSR count). The van der Waals surface area contributed by atoms with Crippen LogP contribution in [0.3, 0.4) is 0 Å². The van der Waals surface area contributed by atoms with Gasteiger partial charge in [-0.15, -0.1) is 0 Å². The fraction of sp³-hybridized carbons (Fsp3) is 0.263. The molecule has 4 nitrogen and oxygen atoms in total. The van der Waals surface area contributed by atoms with E-state index in [9.17, 15) is 9.59 Å². The molecule has 0 unspecified atom stereocenters. The molecule has 0 saturated heterocycles. The Morgan fingerprint density at radius 2 is 1.88 bits per heavy atom. The number of benzene rings is 2. The molecule has 1 amide bonds. The first kappa shape index (κ1) is 18.0. The number of halogens is 1. The Kier molecular flexibility index (Phi) is 6.82. The van der Waals surface area contributed by atoms with Gasteiger partial charge in [0.05, 0.1) is 5.56 Å². The van der Waals surface area contributed by atoms with Crippen molar-refractivity contribution >= 4 is 23.3 Å². The Balaban J connectivity index is 1.84. The van der Waals surface area contributed by atoms with E-state index in [0.717, 1.165) is 12.0 Å². The van der Waals surface area contributed by atoms with Gasteiger partial charge in [0.1, 0.15) is 5.75 Å². The van der Waals surface area contributed by atoms with Crippen molar-refractivity contribution in [3.05, 3.63) is 64.7 Å². The normalized spacial score (nSPS) is 10.2. The summed E-state index contributed by atoms with van der Waals surface area (Å²) in [5.74, 6) is 0.0808. The van der Waals surface area contributed by atoms with Gasteiger partial charge in [0, 0.05) is 18.0 Å². The highest BCUT2D eigenvalue weighted by atomic mass is 35.5. The van der Waals surface area contributed by atoms with Crippen LogP contribution in [0.15, 0.2) is 48.5 Å². The molecular formula is C19H20ClNO3. The van der Waals surface area contributed by atoms with Crippen molar-refractivity contribution in [1.82, 2.24) is 5.32 Å². The molecule has 2 aromatic rings. The van der Waals surface area contributed by atoms with Crippen LogP contribution in [0.4, 0.5) is 0 Å². The number of carbonyl (C=O) groups excluding carboxylic acids is 2. The molecule has 0 radical (unpaired) electrons. The van der Waals surface area contributed by atoms with Gasteiger partial charge in [-0.05, 0) is 30.2 Å². The zero-order chi connectivity index (χ0) is 17.4. The van der Waals surface area contributed by atoms with E-state index in [0.29, 0.717) is 29.3 Å². The van der Waals surface area contributed by atoms with E-state index < -0.39 is 0 Å². The summed E-state index contributed by atoms with van der Waals surface area (Å²) >= 11 is 5.92. The fourth-order valence-corrected chi connectivity index (χ4v) is 2.39. The molecule has 0 bridgehead atoms. The molecule has 2 aromatic carbocycles. The van der Waals surface area contributed by atoms with Crippen LogP contribution < -0.4 is 10.1 Å². The predicted octanol–water partition coefficient (Wildman–Crippen LogP) is 3.67. The van der Waals surface area contributed by atoms with Crippen molar-refractivity contribution in [2.24, 2.45) is 0 Å². The fourth-order valence-electron chi connectivity index (χ4n) is 2.22. The van der Waals surface area contributed by atoms with Crippen molar-refractivity contribution in [2.45, 2.75) is 19.8 Å². The number of Topliss-reactive ketones (excluding diaryl/α,β-unsaturated/α-hetero) is 1. The summed E-state index contributed by atoms with van der Waals surface area (Å²) in [4.78, 5) is 23.8. The number of rotatable bonds is 8. The zero-order valence-corrected chi connectivity index (χ0v) is 14.3. The summed E-state index contributed by atoms with van der Waals surface area (Å²) in [6.07, 6.45) is 1.10. The van der Waals surface area contributed by atoms with Crippen molar-refractivity contribution in [3.8, 4) is 5.75 Å². The highest BCUT2D eigenvalue weighted by Crippen LogP contribution is 2.24. The van der Waals surface area contributed by atoms with E-state index in [2.05, 4.69) is 5.32 Å². The molecule has 5 heteroatoms. The first-order valence-electron chi connectivity index (χ1n) is 7.86. The van der Waals surface area contributed by atoms with Crippen LogP contribution >= 0.6 is 11.6 Å². The third kappa shape index (κ3) is 5.39. The summed E-state index contributed by atoms with van der Waals surface area (Å²) in [5, 5.41) is 3.26. The average Bonchev–Trinajstić information content (AvgIpc) is 2.61. The molecule has 1 N–H and O–H groups in total. The largest absolute Gasteiger partial charge is 0.483 e. The Bertz CT molecular complexity index is 701. The van der Waals surface area contributed by atoms with Crippen molar-refractivity contribution < 1.29 is 14.3 Å². The first-order chi connectivity index (χ1) is 11.6. The van der Waals surface area contributed by atoms with Crippen LogP contribution in [0.25, 0.3) is 0 Å². The molecule has 0 heterocycles. The number of carbonyl (C=O) groups is 2. The van der Waals surface area contributed by atoms with Gasteiger partial charge < -0.3 is 10.1 Å². The van der Waals surface area contributed by atoms with Crippen LogP contribution in [0, 0.1) is 0 Å². The smallest absolute Gasteiger partial charge is 0.257 e. The maximum atomic E-state index is 11.9. The van der Waals surface area contributed by atoms with Crippen LogP contribution in [0.1, 0.15) is 29.3 Å². The lowest BCUT2D eigenvalue weighted by Gasteiger charge is -2.11. The minimum atomic E-state index is -0.226. The number of ketones is 1. The molecule has 0 aromatic heterocycles. The lowest BCUT2D eigenvalue weighted by molar-refractivity contribution is -0.123. The summed E-state index contributed by atoms with van der Waals surface area (Å²) in [6, 6.07) is 14.7. The summed E-state index contributed by atoms with van der Waals surface area (Å²) in [7, 11) is 0. The minimum absolute atomic E-state index is 0.0722. The summed E-state index contributed by atoms with van der Waals surface area (Å²) in [6.45, 7) is 2.16. The van der Waals surface area contributed by atoms with E-state index in [4.69, 9.17) is 16.3 Å². The summed E-state index contributed by atoms with van der Waals surface area (Å²) < 4.78 is 5.49. The van der Waals surface area contributed by atoms with Crippen molar-refractivity contribution in [1.29, 1.82) is 0 Å². The van der Waals surface area contributed by atoms with E-state index >= 15 is 0 Å². The molecule has 0 aliphatic carbocycles. The Hall–Kier alpha value is -2.33. The van der Waals surface area contributed by atoms with E-state index in [1.165, 1.54) is 0 Å². The number of ether oxygens (including phenoxy) is 1. The summed E-state index contributed by atoms with van der Waals surface area (Å²) in [5.41, 5.74) is 1.56. The molecule has 0 aliphatic rings. The highest BCUT2D eigenvalue weighted by Gasteiger charge is 2.13. The monoisotopic (exact) mass is 345 g/mol. The van der Waals surface area contributed by atoms with Gasteiger partial charge in [-0.25, -0.2) is 0 Å². The third-order valence-corrected chi connectivity index (χ3v) is 3.74. The maximum absolute atomic E-state index is 11.9. The van der Waals surface area contributed by atoms with Gasteiger partial charge >= 0.3 is 0 Å². The van der Waals surface area contributed by atoms with Crippen LogP contribution in [0.2, 0.25) is 5.02 Å². The van der Waals surface area contributed by atoms with Crippen LogP contribution in [-0.4, -0.2) is 24.8 Å². The lowest BCUT2D eigenvalue weighted by Crippen LogP contribution is -2.30. The van der Waals surface area contributed by atoms with Crippen molar-refractivity contribution in [2.75, 3.05) is 13.2 Å². The van der Waals surface area contributed by atoms with Gasteiger partial charge in [-0.1, -0.05) is 48.9 Å². The number of hydrogen-bond donors (Lipinski definition) is 1. The highest BCUT2D eigenvalue weighted by molar-refractivity contribution is 6.31.